The fourth-order valence-corrected chi connectivity index (χ4v) is 5.37. The molecule has 1 atom stereocenters. The molecule has 11 heteroatoms. The average molecular weight is 546 g/mol. The number of carbonyl (C=O) groups excluding carboxylic acids is 1. The van der Waals surface area contributed by atoms with Gasteiger partial charge in [-0.2, -0.15) is 0 Å². The molecule has 1 fully saturated rings. The summed E-state index contributed by atoms with van der Waals surface area (Å²) in [5, 5.41) is 13.1. The number of alkyl halides is 1. The maximum atomic E-state index is 15.9. The number of aromatic nitrogens is 1. The molecule has 0 saturated carbocycles. The molecule has 0 aliphatic carbocycles. The molecule has 2 aromatic carbocycles. The van der Waals surface area contributed by atoms with Gasteiger partial charge in [0.15, 0.2) is 0 Å². The molecule has 0 radical (unpaired) electrons. The standard InChI is InChI=1S/C28H34F3N5O3/c1-39-22-2-3-25-23(15-22)26(18(16-32)17-34-25)24(31)4-5-28(27(37)35-38)6-9-36(10-7-28)11-8-33-21-13-19(29)12-20(30)14-21/h2-3,12-15,17,24,33,38H,4-11,16,32H2,1H3,(H,35,37). The SMILES string of the molecule is COc1ccc2ncc(CN)c(C(F)CCC3(C(=O)NO)CCN(CCNc4cc(F)cc(F)c4)CC3)c2c1. The molecular weight excluding hydrogens is 511 g/mol. The zero-order chi connectivity index (χ0) is 28.0. The van der Waals surface area contributed by atoms with E-state index in [0.717, 1.165) is 6.07 Å². The van der Waals surface area contributed by atoms with E-state index in [1.54, 1.807) is 29.9 Å². The maximum Gasteiger partial charge on any atom is 0.249 e. The van der Waals surface area contributed by atoms with Crippen molar-refractivity contribution < 1.29 is 27.9 Å². The Balaban J connectivity index is 1.41. The highest BCUT2D eigenvalue weighted by molar-refractivity contribution is 5.85. The number of pyridine rings is 1. The van der Waals surface area contributed by atoms with Crippen LogP contribution in [0.5, 0.6) is 5.75 Å². The Morgan fingerprint density at radius 3 is 2.56 bits per heavy atom. The third kappa shape index (κ3) is 6.60. The minimum absolute atomic E-state index is 0.0590. The Bertz CT molecular complexity index is 1280. The monoisotopic (exact) mass is 545 g/mol. The van der Waals surface area contributed by atoms with Gasteiger partial charge in [0.25, 0.3) is 0 Å². The highest BCUT2D eigenvalue weighted by atomic mass is 19.1. The fraction of sp³-hybridized carbons (Fsp3) is 0.429. The number of benzene rings is 2. The Labute approximate surface area is 225 Å². The van der Waals surface area contributed by atoms with Crippen LogP contribution in [0.4, 0.5) is 18.9 Å². The number of likely N-dealkylation sites (tertiary alicyclic amines) is 1. The van der Waals surface area contributed by atoms with Crippen molar-refractivity contribution in [2.45, 2.75) is 38.4 Å². The maximum absolute atomic E-state index is 15.9. The molecule has 1 unspecified atom stereocenters. The average Bonchev–Trinajstić information content (AvgIpc) is 2.94. The van der Waals surface area contributed by atoms with Crippen LogP contribution in [-0.2, 0) is 11.3 Å². The van der Waals surface area contributed by atoms with Crippen LogP contribution in [0.1, 0.15) is 43.0 Å². The topological polar surface area (TPSA) is 113 Å². The van der Waals surface area contributed by atoms with Crippen molar-refractivity contribution in [3.8, 4) is 5.75 Å². The number of anilines is 1. The van der Waals surface area contributed by atoms with Gasteiger partial charge < -0.3 is 20.7 Å². The molecule has 39 heavy (non-hydrogen) atoms. The van der Waals surface area contributed by atoms with Gasteiger partial charge >= 0.3 is 0 Å². The largest absolute Gasteiger partial charge is 0.497 e. The normalized spacial score (nSPS) is 16.2. The van der Waals surface area contributed by atoms with Gasteiger partial charge in [0.05, 0.1) is 18.0 Å². The predicted molar refractivity (Wildman–Crippen MR) is 142 cm³/mol. The molecule has 3 aromatic rings. The van der Waals surface area contributed by atoms with Crippen molar-refractivity contribution in [2.24, 2.45) is 11.1 Å². The third-order valence-corrected chi connectivity index (χ3v) is 7.62. The summed E-state index contributed by atoms with van der Waals surface area (Å²) in [6, 6.07) is 8.52. The van der Waals surface area contributed by atoms with Crippen LogP contribution in [0, 0.1) is 17.0 Å². The van der Waals surface area contributed by atoms with Crippen LogP contribution in [0.2, 0.25) is 0 Å². The van der Waals surface area contributed by atoms with Gasteiger partial charge in [-0.3, -0.25) is 15.0 Å². The minimum Gasteiger partial charge on any atom is -0.497 e. The highest BCUT2D eigenvalue weighted by Crippen LogP contribution is 2.41. The molecule has 2 heterocycles. The van der Waals surface area contributed by atoms with Crippen molar-refractivity contribution in [1.82, 2.24) is 15.4 Å². The van der Waals surface area contributed by atoms with Crippen LogP contribution in [0.3, 0.4) is 0 Å². The Hall–Kier alpha value is -3.41. The summed E-state index contributed by atoms with van der Waals surface area (Å²) in [6.07, 6.45) is 1.32. The van der Waals surface area contributed by atoms with Gasteiger partial charge in [-0.1, -0.05) is 0 Å². The van der Waals surface area contributed by atoms with Gasteiger partial charge in [0.1, 0.15) is 23.6 Å². The number of carbonyl (C=O) groups is 1. The van der Waals surface area contributed by atoms with Crippen LogP contribution in [0.15, 0.2) is 42.6 Å². The zero-order valence-corrected chi connectivity index (χ0v) is 21.9. The lowest BCUT2D eigenvalue weighted by molar-refractivity contribution is -0.143. The summed E-state index contributed by atoms with van der Waals surface area (Å²) in [7, 11) is 1.54. The number of rotatable bonds is 11. The molecule has 5 N–H and O–H groups in total. The fourth-order valence-electron chi connectivity index (χ4n) is 5.37. The number of piperidine rings is 1. The number of methoxy groups -OCH3 is 1. The van der Waals surface area contributed by atoms with E-state index in [0.29, 0.717) is 72.5 Å². The lowest BCUT2D eigenvalue weighted by Gasteiger charge is -2.40. The van der Waals surface area contributed by atoms with Crippen LogP contribution in [0.25, 0.3) is 10.9 Å². The minimum atomic E-state index is -1.40. The molecule has 1 amide bonds. The number of ether oxygens (including phenoxy) is 1. The van der Waals surface area contributed by atoms with E-state index in [9.17, 15) is 18.8 Å². The van der Waals surface area contributed by atoms with Gasteiger partial charge in [-0.15, -0.1) is 0 Å². The van der Waals surface area contributed by atoms with Crippen molar-refractivity contribution in [1.29, 1.82) is 0 Å². The highest BCUT2D eigenvalue weighted by Gasteiger charge is 2.41. The Morgan fingerprint density at radius 2 is 1.92 bits per heavy atom. The predicted octanol–water partition coefficient (Wildman–Crippen LogP) is 4.47. The van der Waals surface area contributed by atoms with Crippen LogP contribution < -0.4 is 21.3 Å². The summed E-state index contributed by atoms with van der Waals surface area (Å²) in [5.41, 5.74) is 8.77. The van der Waals surface area contributed by atoms with E-state index in [4.69, 9.17) is 10.5 Å². The number of fused-ring (bicyclic) bond motifs is 1. The van der Waals surface area contributed by atoms with Gasteiger partial charge in [0, 0.05) is 48.5 Å². The first-order chi connectivity index (χ1) is 18.8. The number of hydrogen-bond donors (Lipinski definition) is 4. The van der Waals surface area contributed by atoms with E-state index in [1.807, 2.05) is 0 Å². The summed E-state index contributed by atoms with van der Waals surface area (Å²) < 4.78 is 48.0. The smallest absolute Gasteiger partial charge is 0.249 e. The third-order valence-electron chi connectivity index (χ3n) is 7.62. The van der Waals surface area contributed by atoms with Crippen molar-refractivity contribution in [3.05, 3.63) is 65.4 Å². The summed E-state index contributed by atoms with van der Waals surface area (Å²) in [5.74, 6) is -1.26. The second kappa shape index (κ2) is 12.6. The zero-order valence-electron chi connectivity index (χ0n) is 21.9. The number of hydroxylamine groups is 1. The van der Waals surface area contributed by atoms with E-state index in [2.05, 4.69) is 15.2 Å². The molecule has 4 rings (SSSR count). The summed E-state index contributed by atoms with van der Waals surface area (Å²) in [6.45, 7) is 2.25. The summed E-state index contributed by atoms with van der Waals surface area (Å²) in [4.78, 5) is 19.3. The molecule has 1 aromatic heterocycles. The molecule has 8 nitrogen and oxygen atoms in total. The summed E-state index contributed by atoms with van der Waals surface area (Å²) >= 11 is 0. The number of hydrogen-bond acceptors (Lipinski definition) is 7. The van der Waals surface area contributed by atoms with Crippen molar-refractivity contribution >= 4 is 22.5 Å². The molecular formula is C28H34F3N5O3. The second-order valence-corrected chi connectivity index (χ2v) is 9.94. The van der Waals surface area contributed by atoms with Crippen molar-refractivity contribution in [3.63, 3.8) is 0 Å². The second-order valence-electron chi connectivity index (χ2n) is 9.94. The van der Waals surface area contributed by atoms with Crippen LogP contribution in [-0.4, -0.2) is 54.3 Å². The first-order valence-electron chi connectivity index (χ1n) is 12.9. The Kier molecular flexibility index (Phi) is 9.26. The Morgan fingerprint density at radius 1 is 1.21 bits per heavy atom. The van der Waals surface area contributed by atoms with E-state index in [-0.39, 0.29) is 19.4 Å². The number of nitrogens with two attached hydrogens (primary N) is 1. The number of halogens is 3. The number of nitrogens with zero attached hydrogens (tertiary/aromatic N) is 2. The lowest BCUT2D eigenvalue weighted by Crippen LogP contribution is -2.49. The molecule has 210 valence electrons. The van der Waals surface area contributed by atoms with Crippen molar-refractivity contribution in [2.75, 3.05) is 38.6 Å². The molecule has 1 saturated heterocycles. The van der Waals surface area contributed by atoms with Gasteiger partial charge in [-0.25, -0.2) is 18.7 Å². The van der Waals surface area contributed by atoms with E-state index < -0.39 is 29.1 Å². The lowest BCUT2D eigenvalue weighted by atomic mass is 9.73. The first-order valence-corrected chi connectivity index (χ1v) is 12.9. The van der Waals surface area contributed by atoms with E-state index in [1.165, 1.54) is 19.2 Å². The van der Waals surface area contributed by atoms with E-state index >= 15 is 4.39 Å². The van der Waals surface area contributed by atoms with Gasteiger partial charge in [-0.05, 0) is 74.7 Å². The van der Waals surface area contributed by atoms with Crippen LogP contribution >= 0.6 is 0 Å². The quantitative estimate of drug-likeness (QED) is 0.208. The number of amides is 1. The molecule has 1 aliphatic rings. The molecule has 0 spiro atoms. The molecule has 0 bridgehead atoms. The molecule has 1 aliphatic heterocycles. The number of nitrogens with one attached hydrogen (secondary N) is 2. The first kappa shape index (κ1) is 28.6. The van der Waals surface area contributed by atoms with Gasteiger partial charge in [0.2, 0.25) is 5.91 Å².